The number of aryl methyl sites for hydroxylation is 1. The van der Waals surface area contributed by atoms with Crippen LogP contribution < -0.4 is 5.73 Å². The molecule has 1 aliphatic heterocycles. The predicted molar refractivity (Wildman–Crippen MR) is 86.0 cm³/mol. The van der Waals surface area contributed by atoms with Crippen LogP contribution in [0, 0.1) is 6.92 Å². The molecule has 2 atom stereocenters. The van der Waals surface area contributed by atoms with Gasteiger partial charge in [0.05, 0.1) is 6.61 Å². The quantitative estimate of drug-likeness (QED) is 0.869. The number of halogens is 2. The zero-order valence-electron chi connectivity index (χ0n) is 12.4. The highest BCUT2D eigenvalue weighted by Crippen LogP contribution is 2.20. The second-order valence-corrected chi connectivity index (χ2v) is 5.02. The molecule has 2 N–H and O–H groups in total. The largest absolute Gasteiger partial charge is 0.383 e. The Kier molecular flexibility index (Phi) is 8.89. The average molecular weight is 339 g/mol. The first-order valence-corrected chi connectivity index (χ1v) is 6.66. The number of aromatic nitrogens is 2. The van der Waals surface area contributed by atoms with E-state index in [2.05, 4.69) is 9.55 Å². The molecule has 2 unspecified atom stereocenters. The number of hydrogen-bond acceptors (Lipinski definition) is 4. The summed E-state index contributed by atoms with van der Waals surface area (Å²) in [5.41, 5.74) is 5.84. The van der Waals surface area contributed by atoms with Crippen molar-refractivity contribution in [2.24, 2.45) is 5.73 Å². The summed E-state index contributed by atoms with van der Waals surface area (Å²) in [7, 11) is 1.56. The van der Waals surface area contributed by atoms with Crippen molar-refractivity contribution >= 4 is 30.7 Å². The lowest BCUT2D eigenvalue weighted by atomic mass is 10.2. The Morgan fingerprint density at radius 3 is 2.86 bits per heavy atom. The number of methoxy groups -OCH3 is 1. The van der Waals surface area contributed by atoms with E-state index in [1.165, 1.54) is 0 Å². The first kappa shape index (κ1) is 20.2. The molecule has 122 valence electrons. The maximum atomic E-state index is 12.3. The van der Waals surface area contributed by atoms with Gasteiger partial charge in [-0.3, -0.25) is 4.79 Å². The number of imidazole rings is 1. The Morgan fingerprint density at radius 2 is 2.29 bits per heavy atom. The number of amides is 1. The van der Waals surface area contributed by atoms with Crippen LogP contribution in [0.1, 0.15) is 18.7 Å². The number of nitrogens with zero attached hydrogens (tertiary/aromatic N) is 3. The number of hydrogen-bond donors (Lipinski definition) is 1. The van der Waals surface area contributed by atoms with Crippen molar-refractivity contribution in [3.05, 3.63) is 18.2 Å². The molecule has 0 radical (unpaired) electrons. The van der Waals surface area contributed by atoms with E-state index >= 15 is 0 Å². The van der Waals surface area contributed by atoms with Gasteiger partial charge < -0.3 is 19.9 Å². The summed E-state index contributed by atoms with van der Waals surface area (Å²) >= 11 is 0. The maximum Gasteiger partial charge on any atom is 0.242 e. The smallest absolute Gasteiger partial charge is 0.242 e. The van der Waals surface area contributed by atoms with E-state index in [0.29, 0.717) is 0 Å². The van der Waals surface area contributed by atoms with Gasteiger partial charge in [-0.25, -0.2) is 4.98 Å². The molecule has 1 aromatic rings. The summed E-state index contributed by atoms with van der Waals surface area (Å²) in [6.45, 7) is 3.82. The SMILES string of the molecule is COCC(N)C(=O)N1CCCC1Cn1ccnc1C.Cl.Cl. The van der Waals surface area contributed by atoms with E-state index in [-0.39, 0.29) is 43.4 Å². The fourth-order valence-electron chi connectivity index (χ4n) is 2.60. The highest BCUT2D eigenvalue weighted by molar-refractivity contribution is 5.85. The van der Waals surface area contributed by atoms with E-state index in [9.17, 15) is 4.79 Å². The highest BCUT2D eigenvalue weighted by Gasteiger charge is 2.31. The minimum absolute atomic E-state index is 0. The van der Waals surface area contributed by atoms with Crippen LogP contribution in [0.4, 0.5) is 0 Å². The average Bonchev–Trinajstić information content (AvgIpc) is 2.99. The van der Waals surface area contributed by atoms with Crippen molar-refractivity contribution in [1.29, 1.82) is 0 Å². The molecule has 0 aromatic carbocycles. The van der Waals surface area contributed by atoms with Gasteiger partial charge >= 0.3 is 0 Å². The molecule has 6 nitrogen and oxygen atoms in total. The second kappa shape index (κ2) is 9.25. The lowest BCUT2D eigenvalue weighted by molar-refractivity contribution is -0.134. The van der Waals surface area contributed by atoms with E-state index in [4.69, 9.17) is 10.5 Å². The first-order chi connectivity index (χ1) is 9.13. The Labute approximate surface area is 137 Å². The molecule has 1 aromatic heterocycles. The number of carbonyl (C=O) groups excluding carboxylic acids is 1. The minimum atomic E-state index is -0.561. The highest BCUT2D eigenvalue weighted by atomic mass is 35.5. The van der Waals surface area contributed by atoms with Gasteiger partial charge in [0, 0.05) is 38.6 Å². The van der Waals surface area contributed by atoms with Gasteiger partial charge in [0.2, 0.25) is 5.91 Å². The van der Waals surface area contributed by atoms with Crippen molar-refractivity contribution < 1.29 is 9.53 Å². The molecule has 1 fully saturated rings. The van der Waals surface area contributed by atoms with Crippen LogP contribution in [-0.4, -0.2) is 52.7 Å². The molecule has 0 bridgehead atoms. The Bertz CT molecular complexity index is 442. The third-order valence-corrected chi connectivity index (χ3v) is 3.65. The van der Waals surface area contributed by atoms with Crippen LogP contribution >= 0.6 is 24.8 Å². The van der Waals surface area contributed by atoms with E-state index in [1.54, 1.807) is 13.3 Å². The molecule has 0 spiro atoms. The lowest BCUT2D eigenvalue weighted by Crippen LogP contribution is -2.49. The van der Waals surface area contributed by atoms with Gasteiger partial charge in [-0.1, -0.05) is 0 Å². The van der Waals surface area contributed by atoms with Crippen molar-refractivity contribution in [2.45, 2.75) is 38.4 Å². The van der Waals surface area contributed by atoms with Gasteiger partial charge in [0.15, 0.2) is 0 Å². The second-order valence-electron chi connectivity index (χ2n) is 5.02. The maximum absolute atomic E-state index is 12.3. The number of ether oxygens (including phenoxy) is 1. The van der Waals surface area contributed by atoms with Gasteiger partial charge in [0.1, 0.15) is 11.9 Å². The number of likely N-dealkylation sites (tertiary alicyclic amines) is 1. The van der Waals surface area contributed by atoms with Crippen molar-refractivity contribution in [3.8, 4) is 0 Å². The topological polar surface area (TPSA) is 73.4 Å². The molecule has 2 heterocycles. The molecule has 2 rings (SSSR count). The van der Waals surface area contributed by atoms with Gasteiger partial charge in [0.25, 0.3) is 0 Å². The number of nitrogens with two attached hydrogens (primary N) is 1. The molecule has 1 saturated heterocycles. The van der Waals surface area contributed by atoms with Gasteiger partial charge in [-0.2, -0.15) is 0 Å². The normalized spacial score (nSPS) is 18.8. The Balaban J connectivity index is 0.00000200. The molecular formula is C13H24Cl2N4O2. The van der Waals surface area contributed by atoms with Crippen LogP contribution in [-0.2, 0) is 16.1 Å². The fourth-order valence-corrected chi connectivity index (χ4v) is 2.60. The van der Waals surface area contributed by atoms with Gasteiger partial charge in [-0.05, 0) is 19.8 Å². The van der Waals surface area contributed by atoms with Crippen LogP contribution in [0.2, 0.25) is 0 Å². The summed E-state index contributed by atoms with van der Waals surface area (Å²) in [4.78, 5) is 18.4. The van der Waals surface area contributed by atoms with Crippen LogP contribution in [0.15, 0.2) is 12.4 Å². The molecule has 0 saturated carbocycles. The Morgan fingerprint density at radius 1 is 1.57 bits per heavy atom. The van der Waals surface area contributed by atoms with Crippen molar-refractivity contribution in [1.82, 2.24) is 14.5 Å². The Hall–Kier alpha value is -0.820. The van der Waals surface area contributed by atoms with Crippen molar-refractivity contribution in [2.75, 3.05) is 20.3 Å². The lowest BCUT2D eigenvalue weighted by Gasteiger charge is -2.27. The summed E-state index contributed by atoms with van der Waals surface area (Å²) in [5, 5.41) is 0. The van der Waals surface area contributed by atoms with Crippen LogP contribution in [0.3, 0.4) is 0 Å². The summed E-state index contributed by atoms with van der Waals surface area (Å²) in [6.07, 6.45) is 5.78. The third kappa shape index (κ3) is 4.85. The van der Waals surface area contributed by atoms with Crippen molar-refractivity contribution in [3.63, 3.8) is 0 Å². The third-order valence-electron chi connectivity index (χ3n) is 3.65. The predicted octanol–water partition coefficient (Wildman–Crippen LogP) is 1.000. The van der Waals surface area contributed by atoms with Crippen LogP contribution in [0.25, 0.3) is 0 Å². The first-order valence-electron chi connectivity index (χ1n) is 6.66. The number of rotatable bonds is 5. The molecule has 21 heavy (non-hydrogen) atoms. The standard InChI is InChI=1S/C13H22N4O2.2ClH/c1-10-15-5-7-16(10)8-11-4-3-6-17(11)13(18)12(14)9-19-2;;/h5,7,11-12H,3-4,6,8-9,14H2,1-2H3;2*1H. The summed E-state index contributed by atoms with van der Waals surface area (Å²) in [5.74, 6) is 0.961. The molecule has 0 aliphatic carbocycles. The monoisotopic (exact) mass is 338 g/mol. The summed E-state index contributed by atoms with van der Waals surface area (Å²) in [6, 6.07) is -0.349. The van der Waals surface area contributed by atoms with E-state index < -0.39 is 6.04 Å². The zero-order valence-corrected chi connectivity index (χ0v) is 14.0. The van der Waals surface area contributed by atoms with Crippen LogP contribution in [0.5, 0.6) is 0 Å². The molecule has 1 aliphatic rings. The number of carbonyl (C=O) groups is 1. The molecular weight excluding hydrogens is 315 g/mol. The van der Waals surface area contributed by atoms with E-state index in [0.717, 1.165) is 31.8 Å². The summed E-state index contributed by atoms with van der Waals surface area (Å²) < 4.78 is 7.04. The fraction of sp³-hybridized carbons (Fsp3) is 0.692. The zero-order chi connectivity index (χ0) is 13.8. The molecule has 8 heteroatoms. The minimum Gasteiger partial charge on any atom is -0.383 e. The molecule has 1 amide bonds. The van der Waals surface area contributed by atoms with Gasteiger partial charge in [-0.15, -0.1) is 24.8 Å². The van der Waals surface area contributed by atoms with E-state index in [1.807, 2.05) is 18.0 Å².